The number of benzene rings is 2. The van der Waals surface area contributed by atoms with Crippen molar-refractivity contribution >= 4 is 90.3 Å². The van der Waals surface area contributed by atoms with Gasteiger partial charge in [-0.1, -0.05) is 58.4 Å². The fourth-order valence-corrected chi connectivity index (χ4v) is 6.71. The number of carbonyl (C=O) groups is 1. The van der Waals surface area contributed by atoms with Gasteiger partial charge in [0.2, 0.25) is 17.0 Å². The van der Waals surface area contributed by atoms with Gasteiger partial charge in [0.15, 0.2) is 20.0 Å². The molecule has 1 amide bonds. The van der Waals surface area contributed by atoms with Crippen LogP contribution in [0.1, 0.15) is 13.8 Å². The van der Waals surface area contributed by atoms with E-state index in [1.165, 1.54) is 35.4 Å². The van der Waals surface area contributed by atoms with Gasteiger partial charge in [0.25, 0.3) is 0 Å². The average Bonchev–Trinajstić information content (AvgIpc) is 3.33. The summed E-state index contributed by atoms with van der Waals surface area (Å²) in [5, 5.41) is 17.4. The van der Waals surface area contributed by atoms with E-state index in [1.54, 1.807) is 63.2 Å². The molecule has 0 aliphatic carbocycles. The van der Waals surface area contributed by atoms with Crippen LogP contribution in [-0.2, 0) is 14.6 Å². The number of likely N-dealkylation sites (N-methyl/N-ethyl adjacent to an activating group) is 1. The smallest absolute Gasteiger partial charge is 0.240 e. The van der Waals surface area contributed by atoms with Gasteiger partial charge in [-0.3, -0.25) is 10.1 Å². The Morgan fingerprint density at radius 1 is 1.07 bits per heavy atom. The van der Waals surface area contributed by atoms with Crippen LogP contribution in [-0.4, -0.2) is 65.3 Å². The molecule has 11 nitrogen and oxygen atoms in total. The quantitative estimate of drug-likeness (QED) is 0.165. The Bertz CT molecular complexity index is 1670. The minimum atomic E-state index is -3.55. The molecule has 2 aromatic carbocycles. The molecule has 3 N–H and O–H groups in total. The van der Waals surface area contributed by atoms with Crippen molar-refractivity contribution in [3.63, 3.8) is 0 Å². The largest absolute Gasteiger partial charge is 0.338 e. The zero-order valence-electron chi connectivity index (χ0n) is 22.3. The van der Waals surface area contributed by atoms with E-state index in [9.17, 15) is 13.2 Å². The number of sulfone groups is 1. The number of hydrogen-bond donors (Lipinski definition) is 3. The van der Waals surface area contributed by atoms with E-state index in [2.05, 4.69) is 36.1 Å². The third-order valence-corrected chi connectivity index (χ3v) is 10.2. The number of amides is 1. The van der Waals surface area contributed by atoms with Gasteiger partial charge < -0.3 is 15.5 Å². The van der Waals surface area contributed by atoms with E-state index >= 15 is 0 Å². The maximum absolute atomic E-state index is 12.8. The monoisotopic (exact) mass is 652 g/mol. The van der Waals surface area contributed by atoms with Gasteiger partial charge in [0.05, 0.1) is 33.6 Å². The predicted molar refractivity (Wildman–Crippen MR) is 165 cm³/mol. The molecule has 16 heteroatoms. The highest BCUT2D eigenvalue weighted by molar-refractivity contribution is 8.01. The fourth-order valence-electron chi connectivity index (χ4n) is 3.35. The number of nitrogens with zero attached hydrogens (tertiary/aromatic N) is 5. The van der Waals surface area contributed by atoms with E-state index in [0.717, 1.165) is 4.90 Å². The lowest BCUT2D eigenvalue weighted by atomic mass is 10.3. The van der Waals surface area contributed by atoms with Crippen LogP contribution in [0.3, 0.4) is 0 Å². The Balaban J connectivity index is 1.47. The second-order valence-corrected chi connectivity index (χ2v) is 14.7. The van der Waals surface area contributed by atoms with Gasteiger partial charge in [-0.05, 0) is 58.3 Å². The molecule has 2 aromatic heterocycles. The maximum Gasteiger partial charge on any atom is 0.240 e. The van der Waals surface area contributed by atoms with Crippen LogP contribution >= 0.6 is 46.3 Å². The van der Waals surface area contributed by atoms with Crippen molar-refractivity contribution in [2.24, 2.45) is 0 Å². The van der Waals surface area contributed by atoms with Gasteiger partial charge in [-0.15, -0.1) is 10.2 Å². The minimum absolute atomic E-state index is 0.151. The Morgan fingerprint density at radius 3 is 2.54 bits per heavy atom. The summed E-state index contributed by atoms with van der Waals surface area (Å²) < 4.78 is 26.3. The highest BCUT2D eigenvalue weighted by atomic mass is 35.5. The average molecular weight is 654 g/mol. The van der Waals surface area contributed by atoms with Crippen LogP contribution in [0.25, 0.3) is 0 Å². The van der Waals surface area contributed by atoms with Crippen LogP contribution in [0.5, 0.6) is 0 Å². The summed E-state index contributed by atoms with van der Waals surface area (Å²) in [6, 6.07) is 11.9. The van der Waals surface area contributed by atoms with Crippen LogP contribution < -0.4 is 16.0 Å². The second kappa shape index (κ2) is 13.3. The molecular formula is C25H26Cl2N8O3S3. The van der Waals surface area contributed by atoms with Crippen molar-refractivity contribution in [1.29, 1.82) is 0 Å². The zero-order chi connectivity index (χ0) is 29.7. The normalized spacial score (nSPS) is 11.6. The topological polar surface area (TPSA) is 142 Å². The number of carbonyl (C=O) groups excluding carboxylic acids is 1. The first kappa shape index (κ1) is 30.9. The number of hydrogen-bond acceptors (Lipinski definition) is 12. The van der Waals surface area contributed by atoms with Gasteiger partial charge in [0.1, 0.15) is 5.02 Å². The van der Waals surface area contributed by atoms with Crippen LogP contribution in [0.4, 0.5) is 28.3 Å². The molecule has 0 aliphatic heterocycles. The van der Waals surface area contributed by atoms with Crippen LogP contribution in [0.2, 0.25) is 10.0 Å². The predicted octanol–water partition coefficient (Wildman–Crippen LogP) is 5.96. The van der Waals surface area contributed by atoms with Crippen molar-refractivity contribution in [2.45, 2.75) is 33.2 Å². The molecule has 0 bridgehead atoms. The number of aromatic nitrogens is 4. The molecule has 0 saturated heterocycles. The summed E-state index contributed by atoms with van der Waals surface area (Å²) >= 11 is 15.4. The number of halogens is 2. The molecule has 0 unspecified atom stereocenters. The highest BCUT2D eigenvalue weighted by Gasteiger charge is 2.23. The summed E-state index contributed by atoms with van der Waals surface area (Å²) in [5.74, 6) is 0.280. The van der Waals surface area contributed by atoms with Gasteiger partial charge in [-0.25, -0.2) is 13.4 Å². The molecule has 41 heavy (non-hydrogen) atoms. The molecule has 216 valence electrons. The highest BCUT2D eigenvalue weighted by Crippen LogP contribution is 2.38. The Labute approximate surface area is 256 Å². The summed E-state index contributed by atoms with van der Waals surface area (Å²) in [7, 11) is 0.0606. The SMILES string of the molecule is CC(C)S(=O)(=O)c1ccccc1Nc1nc(Nc2ccc(Sc3nnc(NC(=O)CN(C)C)s3)c(Cl)c2)ncc1Cl. The Hall–Kier alpha value is -3.01. The lowest BCUT2D eigenvalue weighted by Crippen LogP contribution is -2.26. The van der Waals surface area contributed by atoms with Crippen molar-refractivity contribution in [3.8, 4) is 0 Å². The number of nitrogens with one attached hydrogen (secondary N) is 3. The number of para-hydroxylation sites is 1. The summed E-state index contributed by atoms with van der Waals surface area (Å²) in [5.41, 5.74) is 0.971. The lowest BCUT2D eigenvalue weighted by Gasteiger charge is -2.15. The van der Waals surface area contributed by atoms with Gasteiger partial charge >= 0.3 is 0 Å². The van der Waals surface area contributed by atoms with Crippen molar-refractivity contribution in [2.75, 3.05) is 36.6 Å². The molecule has 0 atom stereocenters. The van der Waals surface area contributed by atoms with E-state index < -0.39 is 15.1 Å². The molecule has 0 saturated carbocycles. The summed E-state index contributed by atoms with van der Waals surface area (Å²) in [4.78, 5) is 23.3. The first-order valence-electron chi connectivity index (χ1n) is 12.1. The third-order valence-electron chi connectivity index (χ3n) is 5.31. The fraction of sp³-hybridized carbons (Fsp3) is 0.240. The number of rotatable bonds is 11. The summed E-state index contributed by atoms with van der Waals surface area (Å²) in [6.45, 7) is 3.49. The van der Waals surface area contributed by atoms with E-state index in [0.29, 0.717) is 25.9 Å². The molecule has 2 heterocycles. The lowest BCUT2D eigenvalue weighted by molar-refractivity contribution is -0.116. The number of anilines is 5. The Kier molecular flexibility index (Phi) is 10.0. The van der Waals surface area contributed by atoms with Crippen LogP contribution in [0, 0.1) is 0 Å². The third kappa shape index (κ3) is 8.05. The van der Waals surface area contributed by atoms with Crippen molar-refractivity contribution < 1.29 is 13.2 Å². The van der Waals surface area contributed by atoms with Crippen molar-refractivity contribution in [3.05, 3.63) is 58.7 Å². The molecule has 4 rings (SSSR count). The first-order chi connectivity index (χ1) is 19.4. The van der Waals surface area contributed by atoms with E-state index in [-0.39, 0.29) is 34.1 Å². The molecule has 4 aromatic rings. The van der Waals surface area contributed by atoms with E-state index in [1.807, 2.05) is 6.07 Å². The zero-order valence-corrected chi connectivity index (χ0v) is 26.3. The molecule has 0 radical (unpaired) electrons. The standard InChI is InChI=1S/C25H26Cl2N8O3S3/c1-14(2)41(37,38)20-8-6-5-7-18(20)30-22-17(27)12-28-23(32-22)29-15-9-10-19(16(26)11-15)39-25-34-33-24(40-25)31-21(36)13-35(3)4/h5-12,14H,13H2,1-4H3,(H,31,33,36)(H2,28,29,30,32). The maximum atomic E-state index is 12.8. The Morgan fingerprint density at radius 2 is 1.83 bits per heavy atom. The van der Waals surface area contributed by atoms with E-state index in [4.69, 9.17) is 23.2 Å². The molecule has 0 spiro atoms. The van der Waals surface area contributed by atoms with Gasteiger partial charge in [0, 0.05) is 10.6 Å². The molecule has 0 fully saturated rings. The summed E-state index contributed by atoms with van der Waals surface area (Å²) in [6.07, 6.45) is 1.41. The van der Waals surface area contributed by atoms with Crippen molar-refractivity contribution in [1.82, 2.24) is 25.1 Å². The minimum Gasteiger partial charge on any atom is -0.338 e. The first-order valence-corrected chi connectivity index (χ1v) is 16.0. The molecule has 0 aliphatic rings. The van der Waals surface area contributed by atoms with Gasteiger partial charge in [-0.2, -0.15) is 4.98 Å². The molecular weight excluding hydrogens is 627 g/mol. The van der Waals surface area contributed by atoms with Crippen LogP contribution in [0.15, 0.2) is 62.8 Å². The second-order valence-electron chi connectivity index (χ2n) is 9.14.